The molecule has 3 fully saturated rings. The lowest BCUT2D eigenvalue weighted by molar-refractivity contribution is -0.117. The third-order valence-corrected chi connectivity index (χ3v) is 8.83. The summed E-state index contributed by atoms with van der Waals surface area (Å²) in [6.45, 7) is 8.35. The van der Waals surface area contributed by atoms with Crippen LogP contribution >= 0.6 is 11.6 Å². The van der Waals surface area contributed by atoms with Crippen molar-refractivity contribution in [3.8, 4) is 0 Å². The van der Waals surface area contributed by atoms with Gasteiger partial charge in [-0.2, -0.15) is 5.10 Å². The Hall–Kier alpha value is -2.72. The lowest BCUT2D eigenvalue weighted by Crippen LogP contribution is -2.60. The zero-order valence-corrected chi connectivity index (χ0v) is 22.1. The summed E-state index contributed by atoms with van der Waals surface area (Å²) < 4.78 is 7.30. The molecule has 9 nitrogen and oxygen atoms in total. The molecule has 0 bridgehead atoms. The number of pyridine rings is 1. The number of aromatic nitrogens is 3. The van der Waals surface area contributed by atoms with Crippen LogP contribution in [0.4, 0.5) is 11.5 Å². The molecular weight excluding hydrogens is 492 g/mol. The fourth-order valence-electron chi connectivity index (χ4n) is 6.02. The molecule has 2 aromatic heterocycles. The number of amides is 1. The van der Waals surface area contributed by atoms with Crippen LogP contribution in [0.1, 0.15) is 25.5 Å². The molecule has 1 saturated carbocycles. The van der Waals surface area contributed by atoms with Gasteiger partial charge in [0.1, 0.15) is 5.82 Å². The van der Waals surface area contributed by atoms with Gasteiger partial charge in [-0.3, -0.25) is 14.4 Å². The second-order valence-electron chi connectivity index (χ2n) is 10.9. The van der Waals surface area contributed by atoms with E-state index in [1.54, 1.807) is 10.9 Å². The van der Waals surface area contributed by atoms with Crippen LogP contribution in [0.3, 0.4) is 0 Å². The molecule has 1 aromatic carbocycles. The van der Waals surface area contributed by atoms with Crippen molar-refractivity contribution in [3.63, 3.8) is 0 Å². The summed E-state index contributed by atoms with van der Waals surface area (Å²) in [6.07, 6.45) is 3.20. The van der Waals surface area contributed by atoms with Gasteiger partial charge in [0, 0.05) is 56.9 Å². The smallest absolute Gasteiger partial charge is 0.229 e. The van der Waals surface area contributed by atoms with Crippen LogP contribution in [0, 0.1) is 11.8 Å². The summed E-state index contributed by atoms with van der Waals surface area (Å²) in [4.78, 5) is 22.1. The number of aryl methyl sites for hydroxylation is 1. The zero-order valence-electron chi connectivity index (χ0n) is 21.4. The highest BCUT2D eigenvalue weighted by atomic mass is 35.5. The molecule has 196 valence electrons. The van der Waals surface area contributed by atoms with Gasteiger partial charge in [0.25, 0.3) is 0 Å². The highest BCUT2D eigenvalue weighted by Gasteiger charge is 2.53. The number of aliphatic hydroxyl groups is 1. The second-order valence-corrected chi connectivity index (χ2v) is 11.3. The summed E-state index contributed by atoms with van der Waals surface area (Å²) in [5.41, 5.74) is 1.59. The van der Waals surface area contributed by atoms with Crippen LogP contribution in [-0.2, 0) is 16.6 Å². The number of hydrogen-bond donors (Lipinski definition) is 2. The van der Waals surface area contributed by atoms with Gasteiger partial charge in [-0.1, -0.05) is 18.5 Å². The normalized spacial score (nSPS) is 30.1. The number of carbonyl (C=O) groups is 1. The van der Waals surface area contributed by atoms with Crippen molar-refractivity contribution in [3.05, 3.63) is 47.4 Å². The average Bonchev–Trinajstić information content (AvgIpc) is 3.15. The Bertz CT molecular complexity index is 1340. The molecule has 10 heteroatoms. The second kappa shape index (κ2) is 9.23. The maximum absolute atomic E-state index is 13.0. The molecule has 2 N–H and O–H groups in total. The molecule has 2 saturated heterocycles. The first-order valence-corrected chi connectivity index (χ1v) is 13.3. The van der Waals surface area contributed by atoms with Gasteiger partial charge >= 0.3 is 0 Å². The van der Waals surface area contributed by atoms with E-state index in [1.807, 2.05) is 31.4 Å². The van der Waals surface area contributed by atoms with E-state index < -0.39 is 6.10 Å². The van der Waals surface area contributed by atoms with E-state index in [1.165, 1.54) is 0 Å². The summed E-state index contributed by atoms with van der Waals surface area (Å²) in [5.74, 6) is 0.808. The zero-order chi connectivity index (χ0) is 25.9. The van der Waals surface area contributed by atoms with Gasteiger partial charge in [0.2, 0.25) is 5.91 Å². The van der Waals surface area contributed by atoms with Crippen LogP contribution < -0.4 is 10.2 Å². The number of aliphatic hydroxyl groups excluding tert-OH is 1. The first-order chi connectivity index (χ1) is 17.7. The Morgan fingerprint density at radius 1 is 1.22 bits per heavy atom. The van der Waals surface area contributed by atoms with Gasteiger partial charge < -0.3 is 20.1 Å². The van der Waals surface area contributed by atoms with Crippen molar-refractivity contribution < 1.29 is 14.6 Å². The van der Waals surface area contributed by atoms with Crippen LogP contribution in [-0.4, -0.2) is 81.7 Å². The molecule has 3 aromatic rings. The first kappa shape index (κ1) is 24.6. The fourth-order valence-corrected chi connectivity index (χ4v) is 6.31. The van der Waals surface area contributed by atoms with E-state index in [0.29, 0.717) is 24.1 Å². The molecule has 5 atom stereocenters. The minimum Gasteiger partial charge on any atom is -0.389 e. The Labute approximate surface area is 221 Å². The Morgan fingerprint density at radius 3 is 2.68 bits per heavy atom. The molecule has 4 heterocycles. The van der Waals surface area contributed by atoms with Crippen LogP contribution in [0.2, 0.25) is 5.02 Å². The Kier molecular flexibility index (Phi) is 6.14. The number of hydrogen-bond acceptors (Lipinski definition) is 7. The number of halogens is 1. The summed E-state index contributed by atoms with van der Waals surface area (Å²) >= 11 is 6.70. The molecule has 6 rings (SSSR count). The quantitative estimate of drug-likeness (QED) is 0.530. The summed E-state index contributed by atoms with van der Waals surface area (Å²) in [5, 5.41) is 20.5. The standard InChI is InChI=1S/C27H33ClN6O3/c1-16-24(20-4-5-32(3)31-20)25(16)26(36)30-23-12-17-11-21(19(28)10-18(17)13-29-23)33-6-8-34(9-7-33)27(2)15-37-14-22(27)35/h4-5,10-13,16,22,24-25,35H,6-9,14-15H2,1-3H3,(H,29,30,36)/t16-,22-,24+,25-,27+/m0/s1. The van der Waals surface area contributed by atoms with Gasteiger partial charge in [-0.05, 0) is 42.5 Å². The Balaban J connectivity index is 1.16. The number of carbonyl (C=O) groups excluding carboxylic acids is 1. The molecule has 0 unspecified atom stereocenters. The minimum absolute atomic E-state index is 0.0214. The number of fused-ring (bicyclic) bond motifs is 1. The lowest BCUT2D eigenvalue weighted by Gasteiger charge is -2.45. The summed E-state index contributed by atoms with van der Waals surface area (Å²) in [6, 6.07) is 7.92. The number of nitrogens with zero attached hydrogens (tertiary/aromatic N) is 5. The number of ether oxygens (including phenoxy) is 1. The number of nitrogens with one attached hydrogen (secondary N) is 1. The van der Waals surface area contributed by atoms with Gasteiger partial charge in [-0.25, -0.2) is 4.98 Å². The van der Waals surface area contributed by atoms with Crippen molar-refractivity contribution in [1.82, 2.24) is 19.7 Å². The van der Waals surface area contributed by atoms with E-state index >= 15 is 0 Å². The predicted octanol–water partition coefficient (Wildman–Crippen LogP) is 2.88. The van der Waals surface area contributed by atoms with E-state index in [9.17, 15) is 9.90 Å². The van der Waals surface area contributed by atoms with Crippen molar-refractivity contribution in [1.29, 1.82) is 0 Å². The number of benzene rings is 1. The van der Waals surface area contributed by atoms with Crippen LogP contribution in [0.15, 0.2) is 36.7 Å². The monoisotopic (exact) mass is 524 g/mol. The molecule has 1 amide bonds. The number of piperazine rings is 1. The highest BCUT2D eigenvalue weighted by Crippen LogP contribution is 2.53. The van der Waals surface area contributed by atoms with E-state index in [4.69, 9.17) is 16.3 Å². The highest BCUT2D eigenvalue weighted by molar-refractivity contribution is 6.34. The van der Waals surface area contributed by atoms with Crippen molar-refractivity contribution in [2.75, 3.05) is 49.6 Å². The average molecular weight is 525 g/mol. The van der Waals surface area contributed by atoms with E-state index in [-0.39, 0.29) is 29.2 Å². The van der Waals surface area contributed by atoms with E-state index in [2.05, 4.69) is 45.1 Å². The molecule has 37 heavy (non-hydrogen) atoms. The molecular formula is C27H33ClN6O3. The molecule has 1 aliphatic carbocycles. The molecule has 0 radical (unpaired) electrons. The largest absolute Gasteiger partial charge is 0.389 e. The van der Waals surface area contributed by atoms with Gasteiger partial charge in [-0.15, -0.1) is 0 Å². The van der Waals surface area contributed by atoms with Crippen molar-refractivity contribution >= 4 is 39.8 Å². The van der Waals surface area contributed by atoms with Crippen LogP contribution in [0.25, 0.3) is 10.8 Å². The SMILES string of the molecule is C[C@@H]1[C@H](C(=O)Nc2cc3cc(N4CCN([C@]5(C)COC[C@@H]5O)CC4)c(Cl)cc3cn2)[C@H]1c1ccn(C)n1. The first-order valence-electron chi connectivity index (χ1n) is 12.9. The lowest BCUT2D eigenvalue weighted by atomic mass is 9.95. The maximum atomic E-state index is 13.0. The van der Waals surface area contributed by atoms with E-state index in [0.717, 1.165) is 48.3 Å². The fraction of sp³-hybridized carbons (Fsp3) is 0.519. The van der Waals surface area contributed by atoms with Crippen molar-refractivity contribution in [2.24, 2.45) is 18.9 Å². The van der Waals surface area contributed by atoms with Gasteiger partial charge in [0.15, 0.2) is 0 Å². The van der Waals surface area contributed by atoms with Crippen LogP contribution in [0.5, 0.6) is 0 Å². The predicted molar refractivity (Wildman–Crippen MR) is 143 cm³/mol. The third-order valence-electron chi connectivity index (χ3n) is 8.53. The minimum atomic E-state index is -0.470. The molecule has 0 spiro atoms. The van der Waals surface area contributed by atoms with Crippen molar-refractivity contribution in [2.45, 2.75) is 31.4 Å². The maximum Gasteiger partial charge on any atom is 0.229 e. The molecule has 3 aliphatic rings. The third kappa shape index (κ3) is 4.37. The Morgan fingerprint density at radius 2 is 2.00 bits per heavy atom. The summed E-state index contributed by atoms with van der Waals surface area (Å²) in [7, 11) is 1.89. The number of rotatable bonds is 5. The molecule has 2 aliphatic heterocycles. The number of anilines is 2. The van der Waals surface area contributed by atoms with Gasteiger partial charge in [0.05, 0.1) is 47.2 Å². The topological polar surface area (TPSA) is 95.8 Å².